The minimum atomic E-state index is -4.73. The van der Waals surface area contributed by atoms with E-state index in [1.54, 1.807) is 12.1 Å². The van der Waals surface area contributed by atoms with Crippen LogP contribution >= 0.6 is 0 Å². The number of ether oxygens (including phenoxy) is 1. The minimum absolute atomic E-state index is 0.312. The Kier molecular flexibility index (Phi) is 8.61. The molecule has 176 valence electrons. The molecule has 0 radical (unpaired) electrons. The molecule has 1 saturated carbocycles. The van der Waals surface area contributed by atoms with E-state index in [1.165, 1.54) is 69.2 Å². The lowest BCUT2D eigenvalue weighted by atomic mass is 9.77. The Morgan fingerprint density at radius 2 is 1.53 bits per heavy atom. The summed E-state index contributed by atoms with van der Waals surface area (Å²) in [7, 11) is 0. The molecule has 0 saturated heterocycles. The molecule has 0 N–H and O–H groups in total. The zero-order chi connectivity index (χ0) is 23.1. The third-order valence-electron chi connectivity index (χ3n) is 6.63. The summed E-state index contributed by atoms with van der Waals surface area (Å²) < 4.78 is 55.4. The fourth-order valence-corrected chi connectivity index (χ4v) is 4.78. The summed E-state index contributed by atoms with van der Waals surface area (Å²) in [6.07, 6.45) is 6.44. The van der Waals surface area contributed by atoms with Gasteiger partial charge >= 0.3 is 6.36 Å². The van der Waals surface area contributed by atoms with Crippen LogP contribution in [0.3, 0.4) is 0 Å². The van der Waals surface area contributed by atoms with Gasteiger partial charge in [0.25, 0.3) is 0 Å². The molecule has 1 aliphatic carbocycles. The van der Waals surface area contributed by atoms with E-state index in [9.17, 15) is 17.6 Å². The Balaban J connectivity index is 1.48. The second-order valence-electron chi connectivity index (χ2n) is 9.64. The molecule has 32 heavy (non-hydrogen) atoms. The van der Waals surface area contributed by atoms with E-state index in [0.717, 1.165) is 36.2 Å². The zero-order valence-corrected chi connectivity index (χ0v) is 19.1. The Morgan fingerprint density at radius 1 is 0.906 bits per heavy atom. The highest BCUT2D eigenvalue weighted by molar-refractivity contribution is 5.65. The Labute approximate surface area is 189 Å². The molecular weight excluding hydrogens is 416 g/mol. The number of aryl methyl sites for hydroxylation is 1. The lowest BCUT2D eigenvalue weighted by Crippen LogP contribution is -2.16. The second kappa shape index (κ2) is 11.2. The van der Waals surface area contributed by atoms with Gasteiger partial charge in [0.15, 0.2) is 0 Å². The molecule has 5 heteroatoms. The second-order valence-corrected chi connectivity index (χ2v) is 9.64. The molecule has 0 atom stereocenters. The van der Waals surface area contributed by atoms with Gasteiger partial charge in [-0.25, -0.2) is 4.39 Å². The summed E-state index contributed by atoms with van der Waals surface area (Å²) in [4.78, 5) is 0. The summed E-state index contributed by atoms with van der Waals surface area (Å²) in [6.45, 7) is 4.57. The number of hydrogen-bond donors (Lipinski definition) is 0. The van der Waals surface area contributed by atoms with Crippen LogP contribution in [0.5, 0.6) is 5.75 Å². The van der Waals surface area contributed by atoms with Crippen molar-refractivity contribution in [2.45, 2.75) is 78.0 Å². The van der Waals surface area contributed by atoms with Crippen molar-refractivity contribution in [1.29, 1.82) is 0 Å². The first-order valence-electron chi connectivity index (χ1n) is 11.8. The summed E-state index contributed by atoms with van der Waals surface area (Å²) in [5.41, 5.74) is 1.89. The van der Waals surface area contributed by atoms with E-state index in [-0.39, 0.29) is 11.6 Å². The molecule has 0 aliphatic heterocycles. The quantitative estimate of drug-likeness (QED) is 0.346. The summed E-state index contributed by atoms with van der Waals surface area (Å²) in [6, 6.07) is 10.5. The molecule has 1 aliphatic rings. The van der Waals surface area contributed by atoms with Crippen molar-refractivity contribution in [2.24, 2.45) is 17.8 Å². The maximum atomic E-state index is 14.7. The molecule has 0 heterocycles. The van der Waals surface area contributed by atoms with Gasteiger partial charge in [0.2, 0.25) is 0 Å². The highest BCUT2D eigenvalue weighted by Crippen LogP contribution is 2.35. The van der Waals surface area contributed by atoms with E-state index in [1.807, 2.05) is 6.07 Å². The van der Waals surface area contributed by atoms with Crippen LogP contribution in [0.1, 0.15) is 70.8 Å². The van der Waals surface area contributed by atoms with Crippen LogP contribution in [0, 0.1) is 23.6 Å². The van der Waals surface area contributed by atoms with Gasteiger partial charge in [-0.15, -0.1) is 13.2 Å². The molecule has 2 aromatic carbocycles. The average molecular weight is 451 g/mol. The van der Waals surface area contributed by atoms with E-state index < -0.39 is 6.36 Å². The maximum Gasteiger partial charge on any atom is 0.573 e. The molecule has 0 aromatic heterocycles. The van der Waals surface area contributed by atoms with Gasteiger partial charge in [-0.3, -0.25) is 0 Å². The molecule has 0 bridgehead atoms. The highest BCUT2D eigenvalue weighted by atomic mass is 19.4. The first kappa shape index (κ1) is 24.6. The van der Waals surface area contributed by atoms with Crippen molar-refractivity contribution in [3.05, 3.63) is 53.8 Å². The van der Waals surface area contributed by atoms with Gasteiger partial charge in [0.1, 0.15) is 11.6 Å². The average Bonchev–Trinajstić information content (AvgIpc) is 2.73. The summed E-state index contributed by atoms with van der Waals surface area (Å²) in [5, 5.41) is 0. The third kappa shape index (κ3) is 7.83. The molecule has 0 unspecified atom stereocenters. The van der Waals surface area contributed by atoms with Gasteiger partial charge < -0.3 is 4.74 Å². The topological polar surface area (TPSA) is 9.23 Å². The molecule has 0 spiro atoms. The first-order chi connectivity index (χ1) is 15.2. The predicted octanol–water partition coefficient (Wildman–Crippen LogP) is 8.96. The third-order valence-corrected chi connectivity index (χ3v) is 6.63. The van der Waals surface area contributed by atoms with Gasteiger partial charge in [0, 0.05) is 5.56 Å². The smallest absolute Gasteiger partial charge is 0.406 e. The van der Waals surface area contributed by atoms with E-state index in [4.69, 9.17) is 0 Å². The summed E-state index contributed by atoms with van der Waals surface area (Å²) >= 11 is 0. The Hall–Kier alpha value is -2.04. The molecule has 0 amide bonds. The Bertz CT molecular complexity index is 834. The van der Waals surface area contributed by atoms with Crippen molar-refractivity contribution < 1.29 is 22.3 Å². The maximum absolute atomic E-state index is 14.7. The largest absolute Gasteiger partial charge is 0.573 e. The number of benzene rings is 2. The number of halogens is 4. The zero-order valence-electron chi connectivity index (χ0n) is 19.1. The molecule has 1 fully saturated rings. The molecular formula is C27H34F4O. The van der Waals surface area contributed by atoms with Crippen LogP contribution in [0.15, 0.2) is 42.5 Å². The van der Waals surface area contributed by atoms with Crippen molar-refractivity contribution in [2.75, 3.05) is 0 Å². The van der Waals surface area contributed by atoms with E-state index in [2.05, 4.69) is 18.6 Å². The normalized spacial score (nSPS) is 19.3. The monoisotopic (exact) mass is 450 g/mol. The number of hydrogen-bond acceptors (Lipinski definition) is 1. The van der Waals surface area contributed by atoms with Gasteiger partial charge in [0.05, 0.1) is 0 Å². The van der Waals surface area contributed by atoms with Gasteiger partial charge in [-0.1, -0.05) is 83.1 Å². The standard InChI is InChI=1S/C27H34F4O/c1-19(2)4-3-5-20-6-8-21(9-7-20)10-11-22-12-17-25(26(28)18-22)23-13-15-24(16-14-23)32-27(29,30)31/h12-21H,3-11H2,1-2H3. The predicted molar refractivity (Wildman–Crippen MR) is 121 cm³/mol. The molecule has 2 aromatic rings. The number of rotatable bonds is 9. The lowest BCUT2D eigenvalue weighted by molar-refractivity contribution is -0.274. The highest BCUT2D eigenvalue weighted by Gasteiger charge is 2.31. The van der Waals surface area contributed by atoms with Crippen LogP contribution in [0.25, 0.3) is 11.1 Å². The van der Waals surface area contributed by atoms with Crippen LogP contribution < -0.4 is 4.74 Å². The Morgan fingerprint density at radius 3 is 2.09 bits per heavy atom. The van der Waals surface area contributed by atoms with Gasteiger partial charge in [-0.05, 0) is 59.9 Å². The van der Waals surface area contributed by atoms with Crippen molar-refractivity contribution in [1.82, 2.24) is 0 Å². The van der Waals surface area contributed by atoms with Gasteiger partial charge in [-0.2, -0.15) is 0 Å². The minimum Gasteiger partial charge on any atom is -0.406 e. The lowest BCUT2D eigenvalue weighted by Gasteiger charge is -2.28. The fourth-order valence-electron chi connectivity index (χ4n) is 4.78. The summed E-state index contributed by atoms with van der Waals surface area (Å²) in [5.74, 6) is 1.74. The van der Waals surface area contributed by atoms with E-state index in [0.29, 0.717) is 11.1 Å². The SMILES string of the molecule is CC(C)CCCC1CCC(CCc2ccc(-c3ccc(OC(F)(F)F)cc3)c(F)c2)CC1. The van der Waals surface area contributed by atoms with E-state index >= 15 is 0 Å². The van der Waals surface area contributed by atoms with Crippen LogP contribution in [-0.2, 0) is 6.42 Å². The van der Waals surface area contributed by atoms with Crippen LogP contribution in [0.2, 0.25) is 0 Å². The van der Waals surface area contributed by atoms with Crippen LogP contribution in [-0.4, -0.2) is 6.36 Å². The van der Waals surface area contributed by atoms with Crippen molar-refractivity contribution in [3.8, 4) is 16.9 Å². The van der Waals surface area contributed by atoms with Crippen LogP contribution in [0.4, 0.5) is 17.6 Å². The fraction of sp³-hybridized carbons (Fsp3) is 0.556. The number of alkyl halides is 3. The van der Waals surface area contributed by atoms with Crippen molar-refractivity contribution >= 4 is 0 Å². The first-order valence-corrected chi connectivity index (χ1v) is 11.8. The molecule has 1 nitrogen and oxygen atoms in total. The molecule has 3 rings (SSSR count). The van der Waals surface area contributed by atoms with Crippen molar-refractivity contribution in [3.63, 3.8) is 0 Å².